The van der Waals surface area contributed by atoms with Crippen molar-refractivity contribution in [1.82, 2.24) is 4.57 Å². The Morgan fingerprint density at radius 2 is 2.05 bits per heavy atom. The Kier molecular flexibility index (Phi) is 2.19. The molecule has 4 nitrogen and oxygen atoms in total. The molecule has 3 heterocycles. The summed E-state index contributed by atoms with van der Waals surface area (Å²) in [6.45, 7) is 2.59. The first-order chi connectivity index (χ1) is 9.66. The zero-order valence-electron chi connectivity index (χ0n) is 11.1. The summed E-state index contributed by atoms with van der Waals surface area (Å²) >= 11 is 0. The van der Waals surface area contributed by atoms with E-state index in [4.69, 9.17) is 4.74 Å². The largest absolute Gasteiger partial charge is 0.452 e. The Labute approximate surface area is 115 Å². The Bertz CT molecular complexity index is 804. The summed E-state index contributed by atoms with van der Waals surface area (Å²) in [6.07, 6.45) is 0.551. The molecule has 0 amide bonds. The third kappa shape index (κ3) is 1.36. The van der Waals surface area contributed by atoms with Gasteiger partial charge in [-0.2, -0.15) is 0 Å². The number of hydrogen-bond donors (Lipinski definition) is 0. The van der Waals surface area contributed by atoms with Crippen molar-refractivity contribution in [3.05, 3.63) is 57.4 Å². The van der Waals surface area contributed by atoms with Crippen LogP contribution in [0.15, 0.2) is 35.1 Å². The second kappa shape index (κ2) is 3.82. The molecule has 2 aliphatic heterocycles. The number of carbonyl (C=O) groups is 1. The van der Waals surface area contributed by atoms with Gasteiger partial charge in [-0.15, -0.1) is 0 Å². The smallest absolute Gasteiger partial charge is 0.344 e. The van der Waals surface area contributed by atoms with Crippen molar-refractivity contribution >= 4 is 5.97 Å². The highest BCUT2D eigenvalue weighted by Gasteiger charge is 2.35. The summed E-state index contributed by atoms with van der Waals surface area (Å²) in [4.78, 5) is 24.0. The molecule has 100 valence electrons. The predicted molar refractivity (Wildman–Crippen MR) is 73.7 cm³/mol. The average Bonchev–Trinajstić information content (AvgIpc) is 2.75. The molecule has 0 N–H and O–H groups in total. The quantitative estimate of drug-likeness (QED) is 0.688. The maximum absolute atomic E-state index is 12.2. The highest BCUT2D eigenvalue weighted by atomic mass is 16.5. The van der Waals surface area contributed by atoms with E-state index >= 15 is 0 Å². The number of ether oxygens (including phenoxy) is 1. The van der Waals surface area contributed by atoms with E-state index in [0.29, 0.717) is 0 Å². The third-order valence-electron chi connectivity index (χ3n) is 4.12. The van der Waals surface area contributed by atoms with Gasteiger partial charge in [0, 0.05) is 18.2 Å². The van der Waals surface area contributed by atoms with Crippen LogP contribution in [0, 0.1) is 0 Å². The van der Waals surface area contributed by atoms with Gasteiger partial charge < -0.3 is 9.30 Å². The molecular weight excluding hydrogens is 254 g/mol. The number of cyclic esters (lactones) is 1. The van der Waals surface area contributed by atoms with E-state index in [1.165, 1.54) is 5.56 Å². The van der Waals surface area contributed by atoms with Crippen LogP contribution in [0.3, 0.4) is 0 Å². The van der Waals surface area contributed by atoms with Gasteiger partial charge in [-0.3, -0.25) is 4.79 Å². The molecule has 0 aliphatic carbocycles. The number of esters is 1. The third-order valence-corrected chi connectivity index (χ3v) is 4.12. The van der Waals surface area contributed by atoms with Gasteiger partial charge in [0.25, 0.3) is 0 Å². The molecule has 2 aliphatic rings. The number of aromatic nitrogens is 1. The van der Waals surface area contributed by atoms with Crippen LogP contribution in [0.5, 0.6) is 0 Å². The molecular formula is C16H13NO3. The lowest BCUT2D eigenvalue weighted by Gasteiger charge is -2.25. The minimum Gasteiger partial charge on any atom is -0.452 e. The Balaban J connectivity index is 2.09. The summed E-state index contributed by atoms with van der Waals surface area (Å²) < 4.78 is 7.27. The van der Waals surface area contributed by atoms with Gasteiger partial charge in [-0.05, 0) is 18.9 Å². The molecule has 0 bridgehead atoms. The molecule has 0 saturated heterocycles. The van der Waals surface area contributed by atoms with E-state index < -0.39 is 5.97 Å². The van der Waals surface area contributed by atoms with Crippen LogP contribution in [-0.2, 0) is 17.7 Å². The fourth-order valence-electron chi connectivity index (χ4n) is 3.25. The highest BCUT2D eigenvalue weighted by molar-refractivity contribution is 5.94. The van der Waals surface area contributed by atoms with Crippen molar-refractivity contribution in [2.24, 2.45) is 0 Å². The van der Waals surface area contributed by atoms with Crippen LogP contribution in [0.25, 0.3) is 11.3 Å². The van der Waals surface area contributed by atoms with E-state index in [9.17, 15) is 9.59 Å². The van der Waals surface area contributed by atoms with Crippen molar-refractivity contribution in [1.29, 1.82) is 0 Å². The number of nitrogens with zero attached hydrogens (tertiary/aromatic N) is 1. The van der Waals surface area contributed by atoms with Gasteiger partial charge in [0.15, 0.2) is 5.43 Å². The van der Waals surface area contributed by atoms with E-state index in [0.717, 1.165) is 29.9 Å². The van der Waals surface area contributed by atoms with Gasteiger partial charge in [0.1, 0.15) is 11.7 Å². The fraction of sp³-hybridized carbons (Fsp3) is 0.250. The van der Waals surface area contributed by atoms with E-state index in [1.807, 2.05) is 25.1 Å². The van der Waals surface area contributed by atoms with Crippen molar-refractivity contribution in [3.8, 4) is 11.3 Å². The summed E-state index contributed by atoms with van der Waals surface area (Å²) in [5.74, 6) is -0.494. The summed E-state index contributed by atoms with van der Waals surface area (Å²) in [7, 11) is 0. The molecule has 1 atom stereocenters. The summed E-state index contributed by atoms with van der Waals surface area (Å²) in [5.41, 5.74) is 3.90. The van der Waals surface area contributed by atoms with E-state index in [2.05, 4.69) is 10.6 Å². The monoisotopic (exact) mass is 267 g/mol. The molecule has 1 aromatic carbocycles. The molecule has 0 fully saturated rings. The van der Waals surface area contributed by atoms with Crippen LogP contribution >= 0.6 is 0 Å². The van der Waals surface area contributed by atoms with Crippen LogP contribution < -0.4 is 5.43 Å². The lowest BCUT2D eigenvalue weighted by Crippen LogP contribution is -2.23. The van der Waals surface area contributed by atoms with Gasteiger partial charge in [-0.1, -0.05) is 24.3 Å². The van der Waals surface area contributed by atoms with Crippen molar-refractivity contribution in [3.63, 3.8) is 0 Å². The van der Waals surface area contributed by atoms with Crippen molar-refractivity contribution in [2.45, 2.75) is 26.0 Å². The zero-order valence-corrected chi connectivity index (χ0v) is 11.1. The Hall–Kier alpha value is -2.36. The first-order valence-electron chi connectivity index (χ1n) is 6.74. The normalized spacial score (nSPS) is 19.1. The first-order valence-corrected chi connectivity index (χ1v) is 6.74. The predicted octanol–water partition coefficient (Wildman–Crippen LogP) is 2.30. The van der Waals surface area contributed by atoms with Crippen LogP contribution in [-0.4, -0.2) is 10.5 Å². The second-order valence-electron chi connectivity index (χ2n) is 5.26. The lowest BCUT2D eigenvalue weighted by molar-refractivity contribution is 0.0413. The minimum atomic E-state index is -0.494. The maximum Gasteiger partial charge on any atom is 0.344 e. The number of fused-ring (bicyclic) bond motifs is 5. The Morgan fingerprint density at radius 3 is 2.90 bits per heavy atom. The molecule has 4 rings (SSSR count). The SMILES string of the molecule is CC1OC(=O)c2c1n1c(cc2=O)-c2ccccc2CC1. The molecule has 0 spiro atoms. The molecule has 0 saturated carbocycles. The van der Waals surface area contributed by atoms with Gasteiger partial charge in [-0.25, -0.2) is 4.79 Å². The first kappa shape index (κ1) is 11.5. The lowest BCUT2D eigenvalue weighted by atomic mass is 9.95. The second-order valence-corrected chi connectivity index (χ2v) is 5.26. The van der Waals surface area contributed by atoms with Gasteiger partial charge in [0.2, 0.25) is 0 Å². The minimum absolute atomic E-state index is 0.209. The van der Waals surface area contributed by atoms with Crippen molar-refractivity contribution < 1.29 is 9.53 Å². The van der Waals surface area contributed by atoms with Crippen LogP contribution in [0.2, 0.25) is 0 Å². The topological polar surface area (TPSA) is 48.3 Å². The van der Waals surface area contributed by atoms with E-state index in [1.54, 1.807) is 6.07 Å². The number of aryl methyl sites for hydroxylation is 1. The highest BCUT2D eigenvalue weighted by Crippen LogP contribution is 2.35. The number of carbonyl (C=O) groups excluding carboxylic acids is 1. The van der Waals surface area contributed by atoms with Crippen molar-refractivity contribution in [2.75, 3.05) is 0 Å². The molecule has 1 unspecified atom stereocenters. The van der Waals surface area contributed by atoms with Gasteiger partial charge in [0.05, 0.1) is 11.4 Å². The van der Waals surface area contributed by atoms with Crippen LogP contribution in [0.4, 0.5) is 0 Å². The number of hydrogen-bond acceptors (Lipinski definition) is 3. The molecule has 2 aromatic rings. The summed E-state index contributed by atoms with van der Waals surface area (Å²) in [5, 5.41) is 0. The number of rotatable bonds is 0. The van der Waals surface area contributed by atoms with E-state index in [-0.39, 0.29) is 17.1 Å². The van der Waals surface area contributed by atoms with Crippen LogP contribution in [0.1, 0.15) is 34.6 Å². The fourth-order valence-corrected chi connectivity index (χ4v) is 3.25. The molecule has 20 heavy (non-hydrogen) atoms. The summed E-state index contributed by atoms with van der Waals surface area (Å²) in [6, 6.07) is 9.65. The molecule has 4 heteroatoms. The number of benzene rings is 1. The Morgan fingerprint density at radius 1 is 1.25 bits per heavy atom. The zero-order chi connectivity index (χ0) is 13.9. The molecule has 0 radical (unpaired) electrons. The van der Waals surface area contributed by atoms with Gasteiger partial charge >= 0.3 is 5.97 Å². The maximum atomic E-state index is 12.2. The number of pyridine rings is 1. The molecule has 1 aromatic heterocycles. The standard InChI is InChI=1S/C16H13NO3/c1-9-15-14(16(19)20-9)13(18)8-12-11-5-3-2-4-10(11)6-7-17(12)15/h2-5,8-9H,6-7H2,1H3. The average molecular weight is 267 g/mol.